The van der Waals surface area contributed by atoms with E-state index < -0.39 is 11.9 Å². The van der Waals surface area contributed by atoms with E-state index in [1.54, 1.807) is 42.5 Å². The van der Waals surface area contributed by atoms with Gasteiger partial charge in [0, 0.05) is 5.69 Å². The molecule has 1 N–H and O–H groups in total. The van der Waals surface area contributed by atoms with Crippen molar-refractivity contribution < 1.29 is 14.3 Å². The average Bonchev–Trinajstić information content (AvgIpc) is 3.02. The molecule has 0 unspecified atom stereocenters. The number of carbonyl (C=O) groups is 1. The van der Waals surface area contributed by atoms with Gasteiger partial charge in [-0.05, 0) is 73.9 Å². The summed E-state index contributed by atoms with van der Waals surface area (Å²) < 4.78 is 6.02. The Morgan fingerprint density at radius 2 is 1.71 bits per heavy atom. The molecule has 3 heterocycles. The summed E-state index contributed by atoms with van der Waals surface area (Å²) in [6, 6.07) is 14.8. The predicted molar refractivity (Wildman–Crippen MR) is 118 cm³/mol. The number of anilines is 1. The van der Waals surface area contributed by atoms with Crippen LogP contribution in [0.3, 0.4) is 0 Å². The van der Waals surface area contributed by atoms with Crippen LogP contribution in [0.5, 0.6) is 5.75 Å². The van der Waals surface area contributed by atoms with Gasteiger partial charge < -0.3 is 9.52 Å². The highest BCUT2D eigenvalue weighted by atomic mass is 16.3. The summed E-state index contributed by atoms with van der Waals surface area (Å²) in [6.07, 6.45) is 0. The van der Waals surface area contributed by atoms with Gasteiger partial charge in [0.15, 0.2) is 5.43 Å². The maximum Gasteiger partial charge on any atom is 0.296 e. The van der Waals surface area contributed by atoms with Gasteiger partial charge in [0.2, 0.25) is 5.76 Å². The zero-order chi connectivity index (χ0) is 21.9. The molecule has 0 saturated heterocycles. The molecule has 6 nitrogen and oxygen atoms in total. The molecule has 6 heteroatoms. The Labute approximate surface area is 178 Å². The van der Waals surface area contributed by atoms with Crippen LogP contribution in [0.1, 0.15) is 44.5 Å². The topological polar surface area (TPSA) is 83.6 Å². The fourth-order valence-electron chi connectivity index (χ4n) is 4.14. The Balaban J connectivity index is 1.85. The molecule has 1 aliphatic rings. The third kappa shape index (κ3) is 2.91. The third-order valence-electron chi connectivity index (χ3n) is 5.79. The second kappa shape index (κ2) is 6.80. The van der Waals surface area contributed by atoms with Crippen LogP contribution in [0.4, 0.5) is 5.82 Å². The van der Waals surface area contributed by atoms with E-state index in [0.717, 1.165) is 16.8 Å². The number of fused-ring (bicyclic) bond motifs is 2. The SMILES string of the molecule is Cc1cccc(N2C(=O)c3oc4cc(C)c(C)cc4c(=O)c3[C@H]2c2cccc(O)c2)n1. The highest BCUT2D eigenvalue weighted by Crippen LogP contribution is 2.41. The Morgan fingerprint density at radius 1 is 0.968 bits per heavy atom. The highest BCUT2D eigenvalue weighted by Gasteiger charge is 2.44. The average molecular weight is 412 g/mol. The molecule has 1 aliphatic heterocycles. The molecule has 1 atom stereocenters. The van der Waals surface area contributed by atoms with E-state index in [9.17, 15) is 14.7 Å². The van der Waals surface area contributed by atoms with Crippen molar-refractivity contribution in [1.29, 1.82) is 0 Å². The number of pyridine rings is 1. The molecule has 0 radical (unpaired) electrons. The van der Waals surface area contributed by atoms with E-state index in [1.807, 2.05) is 32.9 Å². The maximum absolute atomic E-state index is 13.6. The lowest BCUT2D eigenvalue weighted by atomic mass is 9.97. The standard InChI is InChI=1S/C25H20N2O4/c1-13-10-18-19(11-14(13)2)31-24-21(23(18)29)22(16-7-5-8-17(28)12-16)27(25(24)30)20-9-4-6-15(3)26-20/h4-12,22,28H,1-3H3/t22-/m1/s1. The van der Waals surface area contributed by atoms with E-state index in [-0.39, 0.29) is 22.5 Å². The summed E-state index contributed by atoms with van der Waals surface area (Å²) in [5, 5.41) is 10.5. The molecule has 0 fully saturated rings. The van der Waals surface area contributed by atoms with Crippen LogP contribution >= 0.6 is 0 Å². The molecule has 154 valence electrons. The van der Waals surface area contributed by atoms with Gasteiger partial charge >= 0.3 is 0 Å². The van der Waals surface area contributed by atoms with Gasteiger partial charge in [-0.3, -0.25) is 14.5 Å². The number of hydrogen-bond donors (Lipinski definition) is 1. The Morgan fingerprint density at radius 3 is 2.45 bits per heavy atom. The number of aryl methyl sites for hydroxylation is 3. The van der Waals surface area contributed by atoms with E-state index in [4.69, 9.17) is 4.42 Å². The van der Waals surface area contributed by atoms with Gasteiger partial charge in [-0.25, -0.2) is 4.98 Å². The van der Waals surface area contributed by atoms with Gasteiger partial charge in [0.25, 0.3) is 5.91 Å². The van der Waals surface area contributed by atoms with E-state index in [0.29, 0.717) is 22.4 Å². The summed E-state index contributed by atoms with van der Waals surface area (Å²) in [7, 11) is 0. The molecule has 5 rings (SSSR count). The molecule has 0 saturated carbocycles. The zero-order valence-electron chi connectivity index (χ0n) is 17.3. The van der Waals surface area contributed by atoms with Crippen LogP contribution in [0, 0.1) is 20.8 Å². The number of phenols is 1. The molecule has 31 heavy (non-hydrogen) atoms. The first-order valence-electron chi connectivity index (χ1n) is 9.99. The molecule has 0 aliphatic carbocycles. The molecule has 2 aromatic heterocycles. The monoisotopic (exact) mass is 412 g/mol. The van der Waals surface area contributed by atoms with Gasteiger partial charge in [-0.1, -0.05) is 18.2 Å². The number of phenolic OH excluding ortho intramolecular Hbond substituents is 1. The molecule has 2 aromatic carbocycles. The van der Waals surface area contributed by atoms with Crippen LogP contribution in [-0.4, -0.2) is 16.0 Å². The molecule has 4 aromatic rings. The first kappa shape index (κ1) is 19.1. The highest BCUT2D eigenvalue weighted by molar-refractivity contribution is 6.10. The van der Waals surface area contributed by atoms with E-state index >= 15 is 0 Å². The Hall–Kier alpha value is -3.93. The number of rotatable bonds is 2. The summed E-state index contributed by atoms with van der Waals surface area (Å²) in [5.41, 5.74) is 3.68. The second-order valence-electron chi connectivity index (χ2n) is 7.92. The normalized spacial score (nSPS) is 15.5. The zero-order valence-corrected chi connectivity index (χ0v) is 17.3. The number of benzene rings is 2. The van der Waals surface area contributed by atoms with Crippen molar-refractivity contribution in [2.45, 2.75) is 26.8 Å². The largest absolute Gasteiger partial charge is 0.508 e. The summed E-state index contributed by atoms with van der Waals surface area (Å²) in [6.45, 7) is 5.70. The molecule has 1 amide bonds. The van der Waals surface area contributed by atoms with E-state index in [1.165, 1.54) is 4.90 Å². The number of carbonyl (C=O) groups excluding carboxylic acids is 1. The van der Waals surface area contributed by atoms with Crippen molar-refractivity contribution in [2.24, 2.45) is 0 Å². The minimum Gasteiger partial charge on any atom is -0.508 e. The minimum atomic E-state index is -0.758. The van der Waals surface area contributed by atoms with Crippen LogP contribution in [0.15, 0.2) is 63.8 Å². The summed E-state index contributed by atoms with van der Waals surface area (Å²) in [4.78, 5) is 33.1. The van der Waals surface area contributed by atoms with E-state index in [2.05, 4.69) is 4.98 Å². The predicted octanol–water partition coefficient (Wildman–Crippen LogP) is 4.57. The van der Waals surface area contributed by atoms with Gasteiger partial charge in [0.1, 0.15) is 17.2 Å². The lowest BCUT2D eigenvalue weighted by Crippen LogP contribution is -2.30. The van der Waals surface area contributed by atoms with Crippen LogP contribution in [-0.2, 0) is 0 Å². The molecule has 0 bridgehead atoms. The minimum absolute atomic E-state index is 0.0115. The smallest absolute Gasteiger partial charge is 0.296 e. The van der Waals surface area contributed by atoms with Crippen LogP contribution in [0.25, 0.3) is 11.0 Å². The van der Waals surface area contributed by atoms with Crippen LogP contribution in [0.2, 0.25) is 0 Å². The van der Waals surface area contributed by atoms with Gasteiger partial charge in [-0.15, -0.1) is 0 Å². The number of nitrogens with zero attached hydrogens (tertiary/aromatic N) is 2. The van der Waals surface area contributed by atoms with Crippen molar-refractivity contribution in [2.75, 3.05) is 4.90 Å². The Bertz CT molecular complexity index is 1440. The summed E-state index contributed by atoms with van der Waals surface area (Å²) >= 11 is 0. The summed E-state index contributed by atoms with van der Waals surface area (Å²) in [5.74, 6) is 0.0452. The fourth-order valence-corrected chi connectivity index (χ4v) is 4.14. The van der Waals surface area contributed by atoms with Crippen molar-refractivity contribution in [3.63, 3.8) is 0 Å². The number of aromatic hydroxyl groups is 1. The number of amides is 1. The molecular formula is C25H20N2O4. The fraction of sp³-hybridized carbons (Fsp3) is 0.160. The van der Waals surface area contributed by atoms with Crippen molar-refractivity contribution in [3.05, 3.63) is 98.5 Å². The maximum atomic E-state index is 13.6. The van der Waals surface area contributed by atoms with Crippen molar-refractivity contribution in [1.82, 2.24) is 4.98 Å². The van der Waals surface area contributed by atoms with Gasteiger partial charge in [0.05, 0.1) is 17.0 Å². The second-order valence-corrected chi connectivity index (χ2v) is 7.92. The molecular weight excluding hydrogens is 392 g/mol. The number of aromatic nitrogens is 1. The lowest BCUT2D eigenvalue weighted by Gasteiger charge is -2.24. The van der Waals surface area contributed by atoms with Crippen molar-refractivity contribution >= 4 is 22.7 Å². The van der Waals surface area contributed by atoms with Gasteiger partial charge in [-0.2, -0.15) is 0 Å². The first-order chi connectivity index (χ1) is 14.8. The quantitative estimate of drug-likeness (QED) is 0.521. The Kier molecular flexibility index (Phi) is 4.18. The lowest BCUT2D eigenvalue weighted by molar-refractivity contribution is 0.0970. The molecule has 0 spiro atoms. The van der Waals surface area contributed by atoms with Crippen molar-refractivity contribution in [3.8, 4) is 5.75 Å². The number of hydrogen-bond acceptors (Lipinski definition) is 5. The third-order valence-corrected chi connectivity index (χ3v) is 5.79. The first-order valence-corrected chi connectivity index (χ1v) is 9.99. The van der Waals surface area contributed by atoms with Crippen LogP contribution < -0.4 is 10.3 Å².